The molecule has 0 unspecified atom stereocenters. The van der Waals surface area contributed by atoms with E-state index < -0.39 is 128 Å². The minimum Gasteiger partial charge on any atom is -0.507 e. The first-order valence-electron chi connectivity index (χ1n) is 17.4. The van der Waals surface area contributed by atoms with E-state index in [0.29, 0.717) is 10.1 Å². The molecule has 4 rings (SSSR count). The van der Waals surface area contributed by atoms with Gasteiger partial charge < -0.3 is 65.2 Å². The van der Waals surface area contributed by atoms with E-state index in [4.69, 9.17) is 52.6 Å². The van der Waals surface area contributed by atoms with Crippen LogP contribution < -0.4 is 5.73 Å². The summed E-state index contributed by atoms with van der Waals surface area (Å²) in [6.45, 7) is 2.19. The molecule has 56 heavy (non-hydrogen) atoms. The van der Waals surface area contributed by atoms with Crippen molar-refractivity contribution in [2.45, 2.75) is 100 Å². The molecule has 308 valence electrons. The fraction of sp³-hybridized carbons (Fsp3) is 0.486. The zero-order chi connectivity index (χ0) is 41.3. The number of halogens is 2. The Bertz CT molecular complexity index is 1670. The summed E-state index contributed by atoms with van der Waals surface area (Å²) in [6, 6.07) is -1.63. The third-order valence-electron chi connectivity index (χ3n) is 8.96. The average Bonchev–Trinajstić information content (AvgIpc) is 3.52. The van der Waals surface area contributed by atoms with Gasteiger partial charge in [0.25, 0.3) is 5.91 Å². The van der Waals surface area contributed by atoms with Gasteiger partial charge in [-0.1, -0.05) is 71.8 Å². The number of primary amides is 1. The van der Waals surface area contributed by atoms with Gasteiger partial charge in [0.1, 0.15) is 66.2 Å². The minimum absolute atomic E-state index is 0.464. The maximum Gasteiger partial charge on any atom is 0.264 e. The molecule has 0 aromatic heterocycles. The van der Waals surface area contributed by atoms with E-state index in [9.17, 15) is 50.1 Å². The van der Waals surface area contributed by atoms with Gasteiger partial charge in [-0.3, -0.25) is 19.3 Å². The molecule has 0 aromatic carbocycles. The lowest BCUT2D eigenvalue weighted by atomic mass is 10.0. The monoisotopic (exact) mass is 828 g/mol. The van der Waals surface area contributed by atoms with Crippen LogP contribution in [0.2, 0.25) is 0 Å². The highest BCUT2D eigenvalue weighted by Gasteiger charge is 2.56. The molecule has 0 aromatic rings. The first-order chi connectivity index (χ1) is 26.5. The third kappa shape index (κ3) is 11.3. The number of likely N-dealkylation sites (tertiary alicyclic amines) is 1. The van der Waals surface area contributed by atoms with Gasteiger partial charge in [-0.2, -0.15) is 0 Å². The molecule has 0 bridgehead atoms. The van der Waals surface area contributed by atoms with Crippen LogP contribution in [0.3, 0.4) is 0 Å². The minimum atomic E-state index is -1.89. The van der Waals surface area contributed by atoms with E-state index in [2.05, 4.69) is 0 Å². The number of hydrogen-bond acceptors (Lipinski definition) is 15. The van der Waals surface area contributed by atoms with E-state index in [1.54, 1.807) is 61.6 Å². The van der Waals surface area contributed by atoms with E-state index in [0.717, 1.165) is 11.0 Å². The van der Waals surface area contributed by atoms with Gasteiger partial charge in [0.15, 0.2) is 24.6 Å². The Hall–Kier alpha value is -3.53. The van der Waals surface area contributed by atoms with Gasteiger partial charge in [0.05, 0.1) is 25.7 Å². The maximum atomic E-state index is 13.8. The molecule has 17 nitrogen and oxygen atoms in total. The highest BCUT2D eigenvalue weighted by molar-refractivity contribution is 6.31. The number of ether oxygens (including phenoxy) is 5. The Morgan fingerprint density at radius 3 is 2.09 bits per heavy atom. The number of carbonyl (C=O) groups is 3. The van der Waals surface area contributed by atoms with E-state index in [1.807, 2.05) is 0 Å². The Labute approximate surface area is 332 Å². The molecule has 9 N–H and O–H groups in total. The molecule has 0 saturated carbocycles. The number of aliphatic hydroxyl groups is 7. The first kappa shape index (κ1) is 45.2. The van der Waals surface area contributed by atoms with Gasteiger partial charge >= 0.3 is 0 Å². The Balaban J connectivity index is 1.48. The van der Waals surface area contributed by atoms with Gasteiger partial charge in [-0.15, -0.1) is 0 Å². The molecule has 0 radical (unpaired) electrons. The summed E-state index contributed by atoms with van der Waals surface area (Å²) in [4.78, 5) is 40.2. The molecular formula is C37H46Cl2N2O15. The quantitative estimate of drug-likeness (QED) is 0.0492. The van der Waals surface area contributed by atoms with Gasteiger partial charge in [0, 0.05) is 10.1 Å². The van der Waals surface area contributed by atoms with Crippen molar-refractivity contribution >= 4 is 40.8 Å². The average molecular weight is 830 g/mol. The van der Waals surface area contributed by atoms with Crippen LogP contribution in [-0.2, 0) is 38.1 Å². The number of allylic oxidation sites excluding steroid dienone is 14. The highest BCUT2D eigenvalue weighted by atomic mass is 35.5. The lowest BCUT2D eigenvalue weighted by molar-refractivity contribution is -0.338. The Kier molecular flexibility index (Phi) is 16.7. The predicted molar refractivity (Wildman–Crippen MR) is 198 cm³/mol. The van der Waals surface area contributed by atoms with Crippen LogP contribution in [0.1, 0.15) is 20.3 Å². The highest BCUT2D eigenvalue weighted by Crippen LogP contribution is 2.35. The molecule has 19 heteroatoms. The standard InChI is InChI=1S/C37H46Cl2N2O15/c1-18(38)11-10-13-20(39)12-8-6-4-3-5-7-9-14-22(42)26-28(46)21(15-25(40)44)41(34(26)51)35-33(29(47)23(43)16-52-35)56-36-32(50)30(48)24(17-53-36)55-37-31(49)27(45)19(2)54-37/h3-14,19,21,23-24,27,29-33,35-37,42-43,45,47-50H,15-17H2,1-2H3,(H2,40,44)/b4-3+,7-5+,8-6+,13-10+,14-9+,18-11-,20-12-,26-22-/t19-,21+,23-,24-,27-,29+,30-,31+,32+,33-,35-,36+,37+/m1/s1. The fourth-order valence-corrected chi connectivity index (χ4v) is 6.25. The largest absolute Gasteiger partial charge is 0.507 e. The van der Waals surface area contributed by atoms with Crippen LogP contribution in [0.25, 0.3) is 0 Å². The van der Waals surface area contributed by atoms with Gasteiger partial charge in [0.2, 0.25) is 5.91 Å². The van der Waals surface area contributed by atoms with Crippen molar-refractivity contribution in [1.29, 1.82) is 0 Å². The summed E-state index contributed by atoms with van der Waals surface area (Å²) >= 11 is 11.8. The van der Waals surface area contributed by atoms with Crippen molar-refractivity contribution in [3.63, 3.8) is 0 Å². The van der Waals surface area contributed by atoms with Crippen molar-refractivity contribution in [2.75, 3.05) is 13.2 Å². The number of Topliss-reactive ketones (excluding diaryl/α,β-unsaturated/α-hetero) is 1. The van der Waals surface area contributed by atoms with Crippen molar-refractivity contribution in [3.05, 3.63) is 94.3 Å². The third-order valence-corrected chi connectivity index (χ3v) is 9.34. The molecule has 4 aliphatic heterocycles. The fourth-order valence-electron chi connectivity index (χ4n) is 6.03. The SMILES string of the molecule is C/C(Cl)=C/C=C/C(Cl)=C/C=C/C=C/C=C/C=C/C(O)=C1\C(=O)[C@H](CC(N)=O)N([C@@H]2OC[C@@H](O)[C@H](O)[C@H]2O[C@@H]2OC[C@@H](O[C@@H]3O[C@H](C)[C@@H](O)[C@@H]3O)[C@@H](O)[C@@H]2O)C1=O. The summed E-state index contributed by atoms with van der Waals surface area (Å²) in [6.07, 6.45) is -0.244. The second-order valence-corrected chi connectivity index (χ2v) is 14.2. The van der Waals surface area contributed by atoms with Crippen LogP contribution >= 0.6 is 23.2 Å². The van der Waals surface area contributed by atoms with Crippen molar-refractivity contribution in [3.8, 4) is 0 Å². The number of ketones is 1. The Morgan fingerprint density at radius 1 is 0.821 bits per heavy atom. The molecule has 13 atom stereocenters. The van der Waals surface area contributed by atoms with E-state index >= 15 is 0 Å². The molecule has 4 heterocycles. The predicted octanol–water partition coefficient (Wildman–Crippen LogP) is -0.107. The number of nitrogens with two attached hydrogens (primary N) is 1. The summed E-state index contributed by atoms with van der Waals surface area (Å²) in [5.74, 6) is -3.88. The Morgan fingerprint density at radius 2 is 1.46 bits per heavy atom. The van der Waals surface area contributed by atoms with E-state index in [1.165, 1.54) is 19.1 Å². The zero-order valence-electron chi connectivity index (χ0n) is 30.2. The van der Waals surface area contributed by atoms with Crippen molar-refractivity contribution in [2.24, 2.45) is 5.73 Å². The molecule has 4 fully saturated rings. The number of aliphatic hydroxyl groups excluding tert-OH is 7. The molecule has 4 saturated heterocycles. The smallest absolute Gasteiger partial charge is 0.264 e. The summed E-state index contributed by atoms with van der Waals surface area (Å²) in [5, 5.41) is 75.2. The lowest BCUT2D eigenvalue weighted by Gasteiger charge is -2.46. The zero-order valence-corrected chi connectivity index (χ0v) is 31.7. The molecule has 0 spiro atoms. The van der Waals surface area contributed by atoms with Crippen LogP contribution in [0.15, 0.2) is 94.3 Å². The summed E-state index contributed by atoms with van der Waals surface area (Å²) < 4.78 is 27.9. The number of amides is 2. The molecule has 4 aliphatic rings. The molecule has 2 amide bonds. The topological polar surface area (TPSA) is 268 Å². The number of hydrogen-bond donors (Lipinski definition) is 8. The first-order valence-corrected chi connectivity index (χ1v) is 18.2. The number of rotatable bonds is 14. The van der Waals surface area contributed by atoms with Crippen LogP contribution in [-0.4, -0.2) is 151 Å². The lowest BCUT2D eigenvalue weighted by Crippen LogP contribution is -2.65. The second-order valence-electron chi connectivity index (χ2n) is 13.1. The van der Waals surface area contributed by atoms with Gasteiger partial charge in [-0.05, 0) is 38.2 Å². The van der Waals surface area contributed by atoms with Crippen molar-refractivity contribution in [1.82, 2.24) is 4.90 Å². The second kappa shape index (κ2) is 20.8. The van der Waals surface area contributed by atoms with Crippen molar-refractivity contribution < 1.29 is 73.8 Å². The molecular weight excluding hydrogens is 783 g/mol. The summed E-state index contributed by atoms with van der Waals surface area (Å²) in [7, 11) is 0. The van der Waals surface area contributed by atoms with Crippen LogP contribution in [0.4, 0.5) is 0 Å². The van der Waals surface area contributed by atoms with Gasteiger partial charge in [-0.25, -0.2) is 0 Å². The van der Waals surface area contributed by atoms with E-state index in [-0.39, 0.29) is 0 Å². The maximum absolute atomic E-state index is 13.8. The normalized spacial score (nSPS) is 37.5. The number of carbonyl (C=O) groups excluding carboxylic acids is 3. The van der Waals surface area contributed by atoms with Crippen LogP contribution in [0.5, 0.6) is 0 Å². The molecule has 0 aliphatic carbocycles. The number of nitrogens with zero attached hydrogens (tertiary/aromatic N) is 1. The van der Waals surface area contributed by atoms with Crippen LogP contribution in [0, 0.1) is 0 Å². The summed E-state index contributed by atoms with van der Waals surface area (Å²) in [5.41, 5.74) is 4.68.